The van der Waals surface area contributed by atoms with Gasteiger partial charge in [0.05, 0.1) is 0 Å². The fourth-order valence-electron chi connectivity index (χ4n) is 2.78. The normalized spacial score (nSPS) is 23.4. The van der Waals surface area contributed by atoms with Crippen LogP contribution in [0.3, 0.4) is 0 Å². The second-order valence-corrected chi connectivity index (χ2v) is 5.93. The molecule has 116 valence electrons. The summed E-state index contributed by atoms with van der Waals surface area (Å²) in [5.74, 6) is -0.198. The van der Waals surface area contributed by atoms with Crippen LogP contribution < -0.4 is 5.32 Å². The lowest BCUT2D eigenvalue weighted by molar-refractivity contribution is -0.130. The van der Waals surface area contributed by atoms with Gasteiger partial charge in [0, 0.05) is 19.3 Å². The Labute approximate surface area is 125 Å². The number of carbonyl (C=O) groups is 2. The number of nitrogens with one attached hydrogen (secondary N) is 1. The van der Waals surface area contributed by atoms with Gasteiger partial charge in [-0.05, 0) is 37.8 Å². The molecule has 0 aromatic carbocycles. The van der Waals surface area contributed by atoms with Gasteiger partial charge in [-0.15, -0.1) is 0 Å². The minimum Gasteiger partial charge on any atom is -0.448 e. The average Bonchev–Trinajstić information content (AvgIpc) is 2.87. The predicted molar refractivity (Wildman–Crippen MR) is 79.9 cm³/mol. The Morgan fingerprint density at radius 1 is 1.38 bits per heavy atom. The maximum Gasteiger partial charge on any atom is 0.355 e. The fourth-order valence-corrected chi connectivity index (χ4v) is 2.78. The highest BCUT2D eigenvalue weighted by Crippen LogP contribution is 2.23. The van der Waals surface area contributed by atoms with Gasteiger partial charge in [-0.3, -0.25) is 4.79 Å². The van der Waals surface area contributed by atoms with Crippen molar-refractivity contribution in [2.24, 2.45) is 13.0 Å². The van der Waals surface area contributed by atoms with Crippen molar-refractivity contribution in [2.75, 3.05) is 0 Å². The molecule has 1 amide bonds. The third-order valence-electron chi connectivity index (χ3n) is 4.25. The van der Waals surface area contributed by atoms with Gasteiger partial charge in [0.1, 0.15) is 5.69 Å². The van der Waals surface area contributed by atoms with Crippen LogP contribution in [-0.4, -0.2) is 28.6 Å². The van der Waals surface area contributed by atoms with E-state index < -0.39 is 12.1 Å². The maximum atomic E-state index is 12.2. The van der Waals surface area contributed by atoms with E-state index in [2.05, 4.69) is 12.2 Å². The number of esters is 1. The average molecular weight is 292 g/mol. The Balaban J connectivity index is 1.87. The van der Waals surface area contributed by atoms with Gasteiger partial charge in [0.15, 0.2) is 6.10 Å². The zero-order chi connectivity index (χ0) is 15.4. The summed E-state index contributed by atoms with van der Waals surface area (Å²) in [4.78, 5) is 24.1. The zero-order valence-corrected chi connectivity index (χ0v) is 13.0. The van der Waals surface area contributed by atoms with Gasteiger partial charge < -0.3 is 14.6 Å². The first-order valence-electron chi connectivity index (χ1n) is 7.61. The van der Waals surface area contributed by atoms with E-state index in [0.717, 1.165) is 19.3 Å². The molecule has 1 N–H and O–H groups in total. The quantitative estimate of drug-likeness (QED) is 0.866. The summed E-state index contributed by atoms with van der Waals surface area (Å²) in [5.41, 5.74) is 0.445. The van der Waals surface area contributed by atoms with Gasteiger partial charge in [0.2, 0.25) is 0 Å². The van der Waals surface area contributed by atoms with E-state index in [-0.39, 0.29) is 11.9 Å². The lowest BCUT2D eigenvalue weighted by Gasteiger charge is -2.30. The molecule has 0 saturated heterocycles. The Morgan fingerprint density at radius 3 is 2.71 bits per heavy atom. The van der Waals surface area contributed by atoms with E-state index in [1.54, 1.807) is 36.9 Å². The van der Waals surface area contributed by atoms with Crippen molar-refractivity contribution in [2.45, 2.75) is 51.7 Å². The van der Waals surface area contributed by atoms with E-state index in [4.69, 9.17) is 4.74 Å². The number of nitrogens with zero attached hydrogens (tertiary/aromatic N) is 1. The van der Waals surface area contributed by atoms with E-state index >= 15 is 0 Å². The van der Waals surface area contributed by atoms with Crippen LogP contribution in [0, 0.1) is 5.92 Å². The van der Waals surface area contributed by atoms with Crippen molar-refractivity contribution in [3.05, 3.63) is 24.0 Å². The van der Waals surface area contributed by atoms with Crippen LogP contribution in [0.1, 0.15) is 50.0 Å². The SMILES string of the molecule is CC(OC(=O)c1cccn1C)C(=O)NC1CCCCC1C. The first-order valence-corrected chi connectivity index (χ1v) is 7.61. The molecule has 5 nitrogen and oxygen atoms in total. The van der Waals surface area contributed by atoms with Crippen LogP contribution in [0.15, 0.2) is 18.3 Å². The fraction of sp³-hybridized carbons (Fsp3) is 0.625. The van der Waals surface area contributed by atoms with Gasteiger partial charge in [-0.2, -0.15) is 0 Å². The summed E-state index contributed by atoms with van der Waals surface area (Å²) in [6.45, 7) is 3.77. The number of carbonyl (C=O) groups excluding carboxylic acids is 2. The summed E-state index contributed by atoms with van der Waals surface area (Å²) in [6.07, 6.45) is 5.51. The smallest absolute Gasteiger partial charge is 0.355 e. The minimum atomic E-state index is -0.776. The molecule has 1 aromatic rings. The van der Waals surface area contributed by atoms with Gasteiger partial charge in [0.25, 0.3) is 5.91 Å². The molecule has 1 fully saturated rings. The molecule has 2 rings (SSSR count). The molecule has 1 aliphatic rings. The number of aromatic nitrogens is 1. The molecule has 3 unspecified atom stereocenters. The third-order valence-corrected chi connectivity index (χ3v) is 4.25. The number of amides is 1. The summed E-state index contributed by atoms with van der Waals surface area (Å²) < 4.78 is 6.92. The highest BCUT2D eigenvalue weighted by molar-refractivity contribution is 5.91. The Bertz CT molecular complexity index is 509. The molecular formula is C16H24N2O3. The molecular weight excluding hydrogens is 268 g/mol. The Kier molecular flexibility index (Phi) is 5.04. The van der Waals surface area contributed by atoms with Crippen LogP contribution in [0.4, 0.5) is 0 Å². The van der Waals surface area contributed by atoms with Gasteiger partial charge in [-0.1, -0.05) is 19.8 Å². The number of hydrogen-bond donors (Lipinski definition) is 1. The van der Waals surface area contributed by atoms with Gasteiger partial charge in [-0.25, -0.2) is 4.79 Å². The zero-order valence-electron chi connectivity index (χ0n) is 13.0. The van der Waals surface area contributed by atoms with Crippen LogP contribution in [-0.2, 0) is 16.6 Å². The largest absolute Gasteiger partial charge is 0.448 e. The van der Waals surface area contributed by atoms with Crippen molar-refractivity contribution in [1.82, 2.24) is 9.88 Å². The lowest BCUT2D eigenvalue weighted by atomic mass is 9.86. The molecule has 21 heavy (non-hydrogen) atoms. The molecule has 0 bridgehead atoms. The topological polar surface area (TPSA) is 60.3 Å². The Hall–Kier alpha value is -1.78. The Morgan fingerprint density at radius 2 is 2.10 bits per heavy atom. The standard InChI is InChI=1S/C16H24N2O3/c1-11-7-4-5-8-13(11)17-15(19)12(2)21-16(20)14-9-6-10-18(14)3/h6,9-13H,4-5,7-8H2,1-3H3,(H,17,19). The molecule has 5 heteroatoms. The monoisotopic (exact) mass is 292 g/mol. The third kappa shape index (κ3) is 3.86. The molecule has 1 heterocycles. The molecule has 0 spiro atoms. The first-order chi connectivity index (χ1) is 9.99. The highest BCUT2D eigenvalue weighted by Gasteiger charge is 2.26. The van der Waals surface area contributed by atoms with Crippen LogP contribution >= 0.6 is 0 Å². The van der Waals surface area contributed by atoms with Crippen molar-refractivity contribution in [3.63, 3.8) is 0 Å². The molecule has 0 radical (unpaired) electrons. The summed E-state index contributed by atoms with van der Waals surface area (Å²) >= 11 is 0. The predicted octanol–water partition coefficient (Wildman–Crippen LogP) is 2.27. The molecule has 0 aliphatic heterocycles. The highest BCUT2D eigenvalue weighted by atomic mass is 16.5. The summed E-state index contributed by atoms with van der Waals surface area (Å²) in [7, 11) is 1.77. The van der Waals surface area contributed by atoms with E-state index in [1.807, 2.05) is 0 Å². The second kappa shape index (κ2) is 6.78. The van der Waals surface area contributed by atoms with E-state index in [1.165, 1.54) is 6.42 Å². The number of ether oxygens (including phenoxy) is 1. The van der Waals surface area contributed by atoms with Crippen molar-refractivity contribution < 1.29 is 14.3 Å². The maximum absolute atomic E-state index is 12.2. The number of aryl methyl sites for hydroxylation is 1. The van der Waals surface area contributed by atoms with Crippen molar-refractivity contribution >= 4 is 11.9 Å². The minimum absolute atomic E-state index is 0.197. The van der Waals surface area contributed by atoms with Crippen LogP contribution in [0.5, 0.6) is 0 Å². The summed E-state index contributed by atoms with van der Waals surface area (Å²) in [6, 6.07) is 3.64. The molecule has 1 aromatic heterocycles. The van der Waals surface area contributed by atoms with Crippen molar-refractivity contribution in [1.29, 1.82) is 0 Å². The first kappa shape index (κ1) is 15.6. The van der Waals surface area contributed by atoms with Gasteiger partial charge >= 0.3 is 5.97 Å². The summed E-state index contributed by atoms with van der Waals surface area (Å²) in [5, 5.41) is 3.01. The molecule has 1 aliphatic carbocycles. The molecule has 3 atom stereocenters. The van der Waals surface area contributed by atoms with E-state index in [0.29, 0.717) is 11.6 Å². The van der Waals surface area contributed by atoms with Crippen LogP contribution in [0.25, 0.3) is 0 Å². The number of rotatable bonds is 4. The van der Waals surface area contributed by atoms with Crippen molar-refractivity contribution in [3.8, 4) is 0 Å². The molecule has 1 saturated carbocycles. The lowest BCUT2D eigenvalue weighted by Crippen LogP contribution is -2.46. The second-order valence-electron chi connectivity index (χ2n) is 5.93. The number of hydrogen-bond acceptors (Lipinski definition) is 3. The van der Waals surface area contributed by atoms with E-state index in [9.17, 15) is 9.59 Å². The van der Waals surface area contributed by atoms with Crippen LogP contribution in [0.2, 0.25) is 0 Å².